The van der Waals surface area contributed by atoms with E-state index >= 15 is 0 Å². The molecule has 4 nitrogen and oxygen atoms in total. The first-order valence-electron chi connectivity index (χ1n) is 8.03. The van der Waals surface area contributed by atoms with E-state index in [0.29, 0.717) is 19.5 Å². The van der Waals surface area contributed by atoms with Crippen LogP contribution in [0.25, 0.3) is 0 Å². The number of nitrogens with one attached hydrogen (secondary N) is 1. The maximum absolute atomic E-state index is 13.9. The Morgan fingerprint density at radius 2 is 2.08 bits per heavy atom. The van der Waals surface area contributed by atoms with E-state index in [1.165, 1.54) is 6.08 Å². The standard InChI is InChI=1S/C16H22ClF3N2O2/c1-2-12(22-9-4-3-5-10-22)24-15(16(18,19)20)8-6-7-11(13(15)23)14(17)21/h6-8,12-13,21,23H,2-5,9-10H2,1H3. The molecule has 0 aromatic heterocycles. The third-order valence-electron chi connectivity index (χ3n) is 4.50. The Morgan fingerprint density at radius 3 is 2.58 bits per heavy atom. The molecular formula is C16H22ClF3N2O2. The van der Waals surface area contributed by atoms with Crippen molar-refractivity contribution in [2.24, 2.45) is 0 Å². The van der Waals surface area contributed by atoms with Gasteiger partial charge in [0.2, 0.25) is 5.60 Å². The molecule has 0 saturated carbocycles. The highest BCUT2D eigenvalue weighted by atomic mass is 35.5. The molecule has 1 aliphatic heterocycles. The molecule has 0 spiro atoms. The summed E-state index contributed by atoms with van der Waals surface area (Å²) < 4.78 is 47.0. The third kappa shape index (κ3) is 3.69. The largest absolute Gasteiger partial charge is 0.424 e. The van der Waals surface area contributed by atoms with E-state index in [0.717, 1.165) is 31.4 Å². The molecule has 136 valence electrons. The first-order chi connectivity index (χ1) is 11.2. The summed E-state index contributed by atoms with van der Waals surface area (Å²) in [5.41, 5.74) is -3.21. The fraction of sp³-hybridized carbons (Fsp3) is 0.688. The topological polar surface area (TPSA) is 56.6 Å². The number of ether oxygens (including phenoxy) is 1. The van der Waals surface area contributed by atoms with Gasteiger partial charge in [0.15, 0.2) is 0 Å². The lowest BCUT2D eigenvalue weighted by Crippen LogP contribution is -2.60. The number of rotatable bonds is 5. The summed E-state index contributed by atoms with van der Waals surface area (Å²) in [4.78, 5) is 1.88. The van der Waals surface area contributed by atoms with Crippen molar-refractivity contribution < 1.29 is 23.0 Å². The average Bonchev–Trinajstić information content (AvgIpc) is 2.53. The van der Waals surface area contributed by atoms with Crippen LogP contribution in [0.2, 0.25) is 0 Å². The Morgan fingerprint density at radius 1 is 1.46 bits per heavy atom. The van der Waals surface area contributed by atoms with Gasteiger partial charge in [0, 0.05) is 18.7 Å². The lowest BCUT2D eigenvalue weighted by molar-refractivity contribution is -0.308. The van der Waals surface area contributed by atoms with Crippen molar-refractivity contribution in [3.05, 3.63) is 23.8 Å². The van der Waals surface area contributed by atoms with Crippen LogP contribution >= 0.6 is 11.6 Å². The van der Waals surface area contributed by atoms with E-state index < -0.39 is 29.3 Å². The highest BCUT2D eigenvalue weighted by molar-refractivity contribution is 6.68. The summed E-state index contributed by atoms with van der Waals surface area (Å²) in [5, 5.41) is 17.1. The summed E-state index contributed by atoms with van der Waals surface area (Å²) in [5.74, 6) is 0. The molecule has 0 radical (unpaired) electrons. The summed E-state index contributed by atoms with van der Waals surface area (Å²) in [7, 11) is 0. The maximum atomic E-state index is 13.9. The van der Waals surface area contributed by atoms with Gasteiger partial charge < -0.3 is 9.84 Å². The molecule has 2 N–H and O–H groups in total. The second-order valence-corrected chi connectivity index (χ2v) is 6.44. The zero-order valence-electron chi connectivity index (χ0n) is 13.4. The van der Waals surface area contributed by atoms with E-state index in [4.69, 9.17) is 21.7 Å². The molecule has 8 heteroatoms. The van der Waals surface area contributed by atoms with Crippen LogP contribution in [0.5, 0.6) is 0 Å². The van der Waals surface area contributed by atoms with Crippen LogP contribution in [-0.2, 0) is 4.74 Å². The lowest BCUT2D eigenvalue weighted by Gasteiger charge is -2.44. The number of aliphatic hydroxyl groups excluding tert-OH is 1. The molecule has 3 unspecified atom stereocenters. The minimum absolute atomic E-state index is 0.301. The molecule has 2 rings (SSSR count). The Labute approximate surface area is 144 Å². The monoisotopic (exact) mass is 366 g/mol. The van der Waals surface area contributed by atoms with Crippen LogP contribution in [0.3, 0.4) is 0 Å². The maximum Gasteiger partial charge on any atom is 0.424 e. The minimum atomic E-state index is -4.85. The zero-order chi connectivity index (χ0) is 18.0. The first-order valence-corrected chi connectivity index (χ1v) is 8.41. The summed E-state index contributed by atoms with van der Waals surface area (Å²) in [6.45, 7) is 3.09. The number of alkyl halides is 3. The Kier molecular flexibility index (Phi) is 6.12. The number of likely N-dealkylation sites (tertiary alicyclic amines) is 1. The van der Waals surface area contributed by atoms with Gasteiger partial charge in [-0.3, -0.25) is 10.3 Å². The van der Waals surface area contributed by atoms with Crippen molar-refractivity contribution in [2.75, 3.05) is 13.1 Å². The quantitative estimate of drug-likeness (QED) is 0.731. The van der Waals surface area contributed by atoms with Gasteiger partial charge in [0.25, 0.3) is 0 Å². The van der Waals surface area contributed by atoms with Gasteiger partial charge in [0.1, 0.15) is 17.5 Å². The molecular weight excluding hydrogens is 345 g/mol. The van der Waals surface area contributed by atoms with Crippen LogP contribution in [0.4, 0.5) is 13.2 Å². The van der Waals surface area contributed by atoms with Crippen molar-refractivity contribution >= 4 is 16.8 Å². The predicted octanol–water partition coefficient (Wildman–Crippen LogP) is 3.60. The summed E-state index contributed by atoms with van der Waals surface area (Å²) in [6, 6.07) is 0. The number of allylic oxidation sites excluding steroid dienone is 2. The number of hydrogen-bond acceptors (Lipinski definition) is 4. The lowest BCUT2D eigenvalue weighted by atomic mass is 9.85. The van der Waals surface area contributed by atoms with E-state index in [1.807, 2.05) is 4.90 Å². The van der Waals surface area contributed by atoms with Gasteiger partial charge in [-0.05, 0) is 25.3 Å². The van der Waals surface area contributed by atoms with Crippen molar-refractivity contribution in [2.45, 2.75) is 56.7 Å². The van der Waals surface area contributed by atoms with Gasteiger partial charge >= 0.3 is 6.18 Å². The Bertz CT molecular complexity index is 530. The zero-order valence-corrected chi connectivity index (χ0v) is 14.2. The number of nitrogens with zero attached hydrogens (tertiary/aromatic N) is 1. The van der Waals surface area contributed by atoms with Crippen molar-refractivity contribution in [3.63, 3.8) is 0 Å². The molecule has 1 saturated heterocycles. The minimum Gasteiger partial charge on any atom is -0.385 e. The molecule has 0 bridgehead atoms. The van der Waals surface area contributed by atoms with Crippen LogP contribution in [0, 0.1) is 5.41 Å². The second-order valence-electron chi connectivity index (χ2n) is 6.07. The Hall–Kier alpha value is -0.890. The second kappa shape index (κ2) is 7.56. The summed E-state index contributed by atoms with van der Waals surface area (Å²) in [6.07, 6.45) is -1.31. The number of hydrogen-bond donors (Lipinski definition) is 2. The van der Waals surface area contributed by atoms with E-state index in [2.05, 4.69) is 0 Å². The van der Waals surface area contributed by atoms with Gasteiger partial charge in [-0.25, -0.2) is 0 Å². The van der Waals surface area contributed by atoms with Gasteiger partial charge in [-0.2, -0.15) is 13.2 Å². The number of halogens is 4. The first kappa shape index (κ1) is 19.4. The molecule has 1 aliphatic carbocycles. The smallest absolute Gasteiger partial charge is 0.385 e. The van der Waals surface area contributed by atoms with Crippen LogP contribution < -0.4 is 0 Å². The molecule has 24 heavy (non-hydrogen) atoms. The van der Waals surface area contributed by atoms with Gasteiger partial charge in [-0.15, -0.1) is 0 Å². The predicted molar refractivity (Wildman–Crippen MR) is 86.2 cm³/mol. The molecule has 0 amide bonds. The molecule has 0 aromatic rings. The van der Waals surface area contributed by atoms with Gasteiger partial charge in [0.05, 0.1) is 0 Å². The molecule has 2 aliphatic rings. The van der Waals surface area contributed by atoms with Crippen LogP contribution in [-0.4, -0.2) is 52.4 Å². The Balaban J connectivity index is 2.33. The average molecular weight is 367 g/mol. The van der Waals surface area contributed by atoms with Crippen LogP contribution in [0.15, 0.2) is 23.8 Å². The van der Waals surface area contributed by atoms with Crippen molar-refractivity contribution in [1.82, 2.24) is 4.90 Å². The van der Waals surface area contributed by atoms with Crippen molar-refractivity contribution in [1.29, 1.82) is 5.41 Å². The fourth-order valence-corrected chi connectivity index (χ4v) is 3.34. The number of piperidine rings is 1. The third-order valence-corrected chi connectivity index (χ3v) is 4.71. The molecule has 1 fully saturated rings. The SMILES string of the molecule is CCC(OC1(C(F)(F)F)C=CC=C(C(=N)Cl)C1O)N1CCCCC1. The van der Waals surface area contributed by atoms with E-state index in [1.54, 1.807) is 6.92 Å². The number of aliphatic hydroxyl groups is 1. The van der Waals surface area contributed by atoms with E-state index in [-0.39, 0.29) is 5.57 Å². The normalized spacial score (nSPS) is 30.1. The molecule has 1 heterocycles. The highest BCUT2D eigenvalue weighted by Gasteiger charge is 2.62. The van der Waals surface area contributed by atoms with Crippen LogP contribution in [0.1, 0.15) is 32.6 Å². The molecule has 3 atom stereocenters. The fourth-order valence-electron chi connectivity index (χ4n) is 3.17. The van der Waals surface area contributed by atoms with Crippen molar-refractivity contribution in [3.8, 4) is 0 Å². The highest BCUT2D eigenvalue weighted by Crippen LogP contribution is 2.43. The molecule has 0 aromatic carbocycles. The summed E-state index contributed by atoms with van der Waals surface area (Å²) >= 11 is 5.54. The van der Waals surface area contributed by atoms with E-state index in [9.17, 15) is 18.3 Å². The van der Waals surface area contributed by atoms with Gasteiger partial charge in [-0.1, -0.05) is 37.1 Å².